The molecule has 8 heteroatoms. The van der Waals surface area contributed by atoms with Crippen LogP contribution < -0.4 is 10.2 Å². The van der Waals surface area contributed by atoms with E-state index in [-0.39, 0.29) is 30.4 Å². The lowest BCUT2D eigenvalue weighted by molar-refractivity contribution is -0.138. The average molecular weight is 454 g/mol. The highest BCUT2D eigenvalue weighted by atomic mass is 35.5. The molecule has 1 N–H and O–H groups in total. The maximum absolute atomic E-state index is 13.5. The van der Waals surface area contributed by atoms with Gasteiger partial charge in [-0.05, 0) is 43.0 Å². The topological polar surface area (TPSA) is 59.1 Å². The van der Waals surface area contributed by atoms with Gasteiger partial charge in [0.05, 0.1) is 0 Å². The maximum atomic E-state index is 13.5. The number of aryl methyl sites for hydroxylation is 1. The summed E-state index contributed by atoms with van der Waals surface area (Å²) in [5.74, 6) is -0.103. The average Bonchev–Trinajstić information content (AvgIpc) is 3.20. The van der Waals surface area contributed by atoms with E-state index in [1.54, 1.807) is 11.9 Å². The second kappa shape index (κ2) is 8.73. The summed E-state index contributed by atoms with van der Waals surface area (Å²) in [6.45, 7) is 2.10. The first-order chi connectivity index (χ1) is 15.5. The van der Waals surface area contributed by atoms with Crippen molar-refractivity contribution in [3.63, 3.8) is 0 Å². The van der Waals surface area contributed by atoms with Crippen molar-refractivity contribution in [2.45, 2.75) is 37.8 Å². The lowest BCUT2D eigenvalue weighted by Gasteiger charge is -2.44. The summed E-state index contributed by atoms with van der Waals surface area (Å²) in [5.41, 5.74) is 2.23. The van der Waals surface area contributed by atoms with Crippen LogP contribution in [-0.2, 0) is 11.2 Å². The maximum Gasteiger partial charge on any atom is 0.327 e. The fraction of sp³-hybridized carbons (Fsp3) is 0.417. The molecule has 3 unspecified atom stereocenters. The first kappa shape index (κ1) is 21.2. The van der Waals surface area contributed by atoms with E-state index in [1.165, 1.54) is 10.5 Å². The highest BCUT2D eigenvalue weighted by Gasteiger charge is 2.55. The molecule has 3 saturated heterocycles. The van der Waals surface area contributed by atoms with Crippen LogP contribution in [-0.4, -0.2) is 71.8 Å². The standard InChI is InChI=1S/C24H28ClN5O2/c1-27-21-20(22(31)30(24(27)32)13-6-10-17-8-3-2-4-9-17)29-15-7-14-28(23(29)26-21)19-12-5-11-18(25)16-19/h2-5,8-9,11-12,16,20-21,23,26H,6-7,10,13-15H2,1H3. The van der Waals surface area contributed by atoms with E-state index in [4.69, 9.17) is 11.6 Å². The van der Waals surface area contributed by atoms with Crippen LogP contribution in [0.25, 0.3) is 0 Å². The number of hydrogen-bond acceptors (Lipinski definition) is 5. The fourth-order valence-electron chi connectivity index (χ4n) is 5.13. The van der Waals surface area contributed by atoms with Crippen LogP contribution in [0.1, 0.15) is 18.4 Å². The van der Waals surface area contributed by atoms with Gasteiger partial charge in [0.15, 0.2) is 0 Å². The number of halogens is 1. The second-order valence-corrected chi connectivity index (χ2v) is 9.10. The van der Waals surface area contributed by atoms with E-state index in [0.29, 0.717) is 11.6 Å². The van der Waals surface area contributed by atoms with Gasteiger partial charge in [0.2, 0.25) is 0 Å². The van der Waals surface area contributed by atoms with E-state index in [2.05, 4.69) is 27.2 Å². The van der Waals surface area contributed by atoms with Crippen LogP contribution in [0.2, 0.25) is 5.02 Å². The molecule has 3 atom stereocenters. The summed E-state index contributed by atoms with van der Waals surface area (Å²) in [7, 11) is 1.78. The summed E-state index contributed by atoms with van der Waals surface area (Å²) in [5, 5.41) is 4.23. The molecule has 3 aliphatic heterocycles. The van der Waals surface area contributed by atoms with E-state index < -0.39 is 0 Å². The molecule has 3 heterocycles. The van der Waals surface area contributed by atoms with E-state index in [0.717, 1.165) is 38.0 Å². The molecule has 2 aromatic carbocycles. The first-order valence-electron chi connectivity index (χ1n) is 11.2. The molecule has 168 valence electrons. The number of nitrogens with zero attached hydrogens (tertiary/aromatic N) is 4. The minimum atomic E-state index is -0.388. The van der Waals surface area contributed by atoms with Gasteiger partial charge in [-0.1, -0.05) is 48.0 Å². The Kier molecular flexibility index (Phi) is 5.80. The van der Waals surface area contributed by atoms with E-state index in [1.807, 2.05) is 42.5 Å². The van der Waals surface area contributed by atoms with Gasteiger partial charge in [-0.15, -0.1) is 0 Å². The molecule has 3 aliphatic rings. The molecule has 0 spiro atoms. The van der Waals surface area contributed by atoms with Gasteiger partial charge in [-0.2, -0.15) is 0 Å². The second-order valence-electron chi connectivity index (χ2n) is 8.67. The number of benzene rings is 2. The van der Waals surface area contributed by atoms with Crippen LogP contribution in [0, 0.1) is 0 Å². The molecule has 0 saturated carbocycles. The number of anilines is 1. The van der Waals surface area contributed by atoms with Gasteiger partial charge >= 0.3 is 6.03 Å². The van der Waals surface area contributed by atoms with Crippen molar-refractivity contribution in [3.05, 3.63) is 65.2 Å². The Hall–Kier alpha value is -2.61. The van der Waals surface area contributed by atoms with Crippen LogP contribution in [0.4, 0.5) is 10.5 Å². The molecule has 2 aromatic rings. The predicted molar refractivity (Wildman–Crippen MR) is 124 cm³/mol. The lowest BCUT2D eigenvalue weighted by atomic mass is 10.1. The van der Waals surface area contributed by atoms with Crippen LogP contribution in [0.15, 0.2) is 54.6 Å². The van der Waals surface area contributed by atoms with Crippen molar-refractivity contribution in [2.24, 2.45) is 0 Å². The van der Waals surface area contributed by atoms with E-state index >= 15 is 0 Å². The molecule has 0 radical (unpaired) electrons. The molecule has 32 heavy (non-hydrogen) atoms. The van der Waals surface area contributed by atoms with Crippen LogP contribution >= 0.6 is 11.6 Å². The molecule has 0 bridgehead atoms. The largest absolute Gasteiger partial charge is 0.343 e. The molecule has 0 aliphatic carbocycles. The molecule has 5 rings (SSSR count). The number of carbonyl (C=O) groups is 2. The Labute approximate surface area is 193 Å². The highest BCUT2D eigenvalue weighted by Crippen LogP contribution is 2.33. The number of urea groups is 1. The minimum absolute atomic E-state index is 0.103. The van der Waals surface area contributed by atoms with Gasteiger partial charge in [-0.3, -0.25) is 19.9 Å². The Bertz CT molecular complexity index is 1000. The first-order valence-corrected chi connectivity index (χ1v) is 11.6. The summed E-state index contributed by atoms with van der Waals surface area (Å²) >= 11 is 6.23. The molecular weight excluding hydrogens is 426 g/mol. The number of likely N-dealkylation sites (N-methyl/N-ethyl adjacent to an activating group) is 1. The third-order valence-corrected chi connectivity index (χ3v) is 6.93. The zero-order chi connectivity index (χ0) is 22.2. The predicted octanol–water partition coefficient (Wildman–Crippen LogP) is 2.96. The lowest BCUT2D eigenvalue weighted by Crippen LogP contribution is -2.66. The SMILES string of the molecule is CN1C(=O)N(CCCc2ccccc2)C(=O)C2C1NC1N(c3cccc(Cl)c3)CCCN21. The number of fused-ring (bicyclic) bond motifs is 3. The smallest absolute Gasteiger partial charge is 0.327 e. The third kappa shape index (κ3) is 3.74. The van der Waals surface area contributed by atoms with E-state index in [9.17, 15) is 9.59 Å². The van der Waals surface area contributed by atoms with Gasteiger partial charge in [0.25, 0.3) is 5.91 Å². The molecule has 0 aromatic heterocycles. The quantitative estimate of drug-likeness (QED) is 0.754. The van der Waals surface area contributed by atoms with Crippen LogP contribution in [0.5, 0.6) is 0 Å². The molecule has 3 fully saturated rings. The highest BCUT2D eigenvalue weighted by molar-refractivity contribution is 6.30. The normalized spacial score (nSPS) is 25.8. The molecular formula is C24H28ClN5O2. The Morgan fingerprint density at radius 1 is 1.06 bits per heavy atom. The number of amides is 3. The number of imide groups is 1. The summed E-state index contributed by atoms with van der Waals surface area (Å²) < 4.78 is 0. The fourth-order valence-corrected chi connectivity index (χ4v) is 5.31. The number of carbonyl (C=O) groups excluding carboxylic acids is 2. The number of nitrogens with one attached hydrogen (secondary N) is 1. The van der Waals surface area contributed by atoms with Crippen molar-refractivity contribution >= 4 is 29.2 Å². The van der Waals surface area contributed by atoms with Crippen LogP contribution in [0.3, 0.4) is 0 Å². The zero-order valence-electron chi connectivity index (χ0n) is 18.2. The van der Waals surface area contributed by atoms with Gasteiger partial charge in [0, 0.05) is 37.4 Å². The van der Waals surface area contributed by atoms with Gasteiger partial charge < -0.3 is 9.80 Å². The number of rotatable bonds is 5. The molecule has 3 amide bonds. The van der Waals surface area contributed by atoms with Gasteiger partial charge in [0.1, 0.15) is 18.5 Å². The summed E-state index contributed by atoms with van der Waals surface area (Å²) in [4.78, 5) is 34.1. The zero-order valence-corrected chi connectivity index (χ0v) is 18.9. The van der Waals surface area contributed by atoms with Gasteiger partial charge in [-0.25, -0.2) is 4.79 Å². The summed E-state index contributed by atoms with van der Waals surface area (Å²) in [6, 6.07) is 17.3. The Morgan fingerprint density at radius 3 is 2.66 bits per heavy atom. The van der Waals surface area contributed by atoms with Crippen molar-refractivity contribution in [1.82, 2.24) is 20.0 Å². The van der Waals surface area contributed by atoms with Crippen molar-refractivity contribution in [1.29, 1.82) is 0 Å². The van der Waals surface area contributed by atoms with Crippen molar-refractivity contribution < 1.29 is 9.59 Å². The minimum Gasteiger partial charge on any atom is -0.343 e. The summed E-state index contributed by atoms with van der Waals surface area (Å²) in [6.07, 6.45) is 2.03. The molecule has 7 nitrogen and oxygen atoms in total. The Balaban J connectivity index is 1.34. The third-order valence-electron chi connectivity index (χ3n) is 6.70. The van der Waals surface area contributed by atoms with Crippen molar-refractivity contribution in [3.8, 4) is 0 Å². The van der Waals surface area contributed by atoms with Crippen molar-refractivity contribution in [2.75, 3.05) is 31.6 Å². The Morgan fingerprint density at radius 2 is 1.88 bits per heavy atom. The number of hydrogen-bond donors (Lipinski definition) is 1. The monoisotopic (exact) mass is 453 g/mol.